The average Bonchev–Trinajstić information content (AvgIpc) is 2.80. The molecule has 2 rings (SSSR count). The number of nitrogens with two attached hydrogens (primary N) is 1. The second kappa shape index (κ2) is 5.57. The Hall–Kier alpha value is -0.710. The molecule has 0 bridgehead atoms. The van der Waals surface area contributed by atoms with Crippen LogP contribution in [0.1, 0.15) is 16.4 Å². The van der Waals surface area contributed by atoms with Crippen molar-refractivity contribution in [3.05, 3.63) is 50.9 Å². The predicted octanol–water partition coefficient (Wildman–Crippen LogP) is 3.19. The molecule has 0 fully saturated rings. The fraction of sp³-hybridized carbons (Fsp3) is 0.250. The summed E-state index contributed by atoms with van der Waals surface area (Å²) < 4.78 is 1.13. The highest BCUT2D eigenvalue weighted by atomic mass is 79.9. The molecule has 1 unspecified atom stereocenters. The van der Waals surface area contributed by atoms with Crippen LogP contribution in [0.25, 0.3) is 0 Å². The lowest BCUT2D eigenvalue weighted by Gasteiger charge is -2.15. The first-order valence-electron chi connectivity index (χ1n) is 5.13. The topological polar surface area (TPSA) is 38.9 Å². The molecule has 0 radical (unpaired) electrons. The van der Waals surface area contributed by atoms with Gasteiger partial charge < -0.3 is 5.73 Å². The molecule has 0 spiro atoms. The van der Waals surface area contributed by atoms with Crippen LogP contribution in [0.2, 0.25) is 0 Å². The van der Waals surface area contributed by atoms with E-state index in [2.05, 4.69) is 39.1 Å². The zero-order chi connectivity index (χ0) is 11.4. The number of halogens is 1. The molecular formula is C12H13BrN2S. The number of aromatic nitrogens is 1. The summed E-state index contributed by atoms with van der Waals surface area (Å²) in [7, 11) is 0. The van der Waals surface area contributed by atoms with Gasteiger partial charge in [-0.15, -0.1) is 11.3 Å². The maximum atomic E-state index is 5.85. The molecule has 2 N–H and O–H groups in total. The molecular weight excluding hydrogens is 284 g/mol. The third-order valence-corrected chi connectivity index (χ3v) is 4.08. The van der Waals surface area contributed by atoms with Crippen LogP contribution in [-0.2, 0) is 6.42 Å². The molecule has 1 atom stereocenters. The molecule has 2 aromatic rings. The van der Waals surface area contributed by atoms with Crippen LogP contribution < -0.4 is 5.73 Å². The van der Waals surface area contributed by atoms with Gasteiger partial charge in [-0.25, -0.2) is 0 Å². The lowest BCUT2D eigenvalue weighted by molar-refractivity contribution is 0.697. The Morgan fingerprint density at radius 2 is 2.19 bits per heavy atom. The smallest absolute Gasteiger partial charge is 0.0794 e. The highest BCUT2D eigenvalue weighted by molar-refractivity contribution is 9.10. The molecule has 1 heterocycles. The number of hydrogen-bond acceptors (Lipinski definition) is 3. The number of nitrogens with zero attached hydrogens (tertiary/aromatic N) is 1. The van der Waals surface area contributed by atoms with E-state index in [-0.39, 0.29) is 0 Å². The number of thiazole rings is 1. The Bertz CT molecular complexity index is 442. The molecule has 0 aliphatic carbocycles. The normalized spacial score (nSPS) is 12.6. The molecule has 2 nitrogen and oxygen atoms in total. The van der Waals surface area contributed by atoms with Crippen molar-refractivity contribution in [3.63, 3.8) is 0 Å². The average molecular weight is 297 g/mol. The Labute approximate surface area is 108 Å². The number of hydrogen-bond donors (Lipinski definition) is 1. The van der Waals surface area contributed by atoms with Crippen molar-refractivity contribution in [2.24, 2.45) is 5.73 Å². The van der Waals surface area contributed by atoms with Gasteiger partial charge in [0.25, 0.3) is 0 Å². The molecule has 0 amide bonds. The van der Waals surface area contributed by atoms with Gasteiger partial charge in [-0.1, -0.05) is 34.1 Å². The summed E-state index contributed by atoms with van der Waals surface area (Å²) in [5.41, 5.74) is 8.99. The minimum Gasteiger partial charge on any atom is -0.330 e. The van der Waals surface area contributed by atoms with Crippen molar-refractivity contribution in [1.82, 2.24) is 4.98 Å². The van der Waals surface area contributed by atoms with Gasteiger partial charge in [-0.05, 0) is 24.6 Å². The molecule has 16 heavy (non-hydrogen) atoms. The van der Waals surface area contributed by atoms with Gasteiger partial charge in [0.1, 0.15) is 0 Å². The van der Waals surface area contributed by atoms with Crippen LogP contribution in [0.4, 0.5) is 0 Å². The monoisotopic (exact) mass is 296 g/mol. The summed E-state index contributed by atoms with van der Waals surface area (Å²) in [5.74, 6) is 0.357. The third kappa shape index (κ3) is 2.70. The SMILES string of the molecule is NCC(Cc1cncs1)c1ccccc1Br. The molecule has 0 aliphatic rings. The predicted molar refractivity (Wildman–Crippen MR) is 71.8 cm³/mol. The van der Waals surface area contributed by atoms with Gasteiger partial charge in [0.2, 0.25) is 0 Å². The van der Waals surface area contributed by atoms with Crippen LogP contribution in [0, 0.1) is 0 Å². The molecule has 0 aliphatic heterocycles. The quantitative estimate of drug-likeness (QED) is 0.941. The van der Waals surface area contributed by atoms with Crippen LogP contribution >= 0.6 is 27.3 Å². The van der Waals surface area contributed by atoms with Crippen molar-refractivity contribution in [2.45, 2.75) is 12.3 Å². The fourth-order valence-corrected chi connectivity index (χ4v) is 3.00. The van der Waals surface area contributed by atoms with E-state index in [9.17, 15) is 0 Å². The Morgan fingerprint density at radius 1 is 1.38 bits per heavy atom. The summed E-state index contributed by atoms with van der Waals surface area (Å²) in [4.78, 5) is 5.38. The van der Waals surface area contributed by atoms with Gasteiger partial charge in [0, 0.05) is 21.5 Å². The van der Waals surface area contributed by atoms with Crippen molar-refractivity contribution in [2.75, 3.05) is 6.54 Å². The van der Waals surface area contributed by atoms with Gasteiger partial charge in [-0.2, -0.15) is 0 Å². The van der Waals surface area contributed by atoms with Crippen LogP contribution in [0.3, 0.4) is 0 Å². The van der Waals surface area contributed by atoms with Crippen molar-refractivity contribution in [1.29, 1.82) is 0 Å². The molecule has 1 aromatic heterocycles. The summed E-state index contributed by atoms with van der Waals surface area (Å²) in [6.07, 6.45) is 2.88. The molecule has 1 aromatic carbocycles. The van der Waals surface area contributed by atoms with Crippen LogP contribution in [0.15, 0.2) is 40.4 Å². The fourth-order valence-electron chi connectivity index (χ4n) is 1.71. The zero-order valence-electron chi connectivity index (χ0n) is 8.77. The van der Waals surface area contributed by atoms with Gasteiger partial charge >= 0.3 is 0 Å². The van der Waals surface area contributed by atoms with E-state index >= 15 is 0 Å². The van der Waals surface area contributed by atoms with E-state index in [1.165, 1.54) is 10.4 Å². The first-order chi connectivity index (χ1) is 7.81. The first kappa shape index (κ1) is 11.8. The van der Waals surface area contributed by atoms with Crippen molar-refractivity contribution < 1.29 is 0 Å². The molecule has 84 valence electrons. The number of benzene rings is 1. The molecule has 4 heteroatoms. The maximum Gasteiger partial charge on any atom is 0.0794 e. The molecule has 0 saturated heterocycles. The summed E-state index contributed by atoms with van der Waals surface area (Å²) >= 11 is 5.26. The van der Waals surface area contributed by atoms with Crippen molar-refractivity contribution >= 4 is 27.3 Å². The Kier molecular flexibility index (Phi) is 4.09. The van der Waals surface area contributed by atoms with E-state index in [0.717, 1.165) is 10.9 Å². The highest BCUT2D eigenvalue weighted by Crippen LogP contribution is 2.27. The lowest BCUT2D eigenvalue weighted by atomic mass is 9.95. The van der Waals surface area contributed by atoms with Gasteiger partial charge in [0.15, 0.2) is 0 Å². The minimum atomic E-state index is 0.357. The zero-order valence-corrected chi connectivity index (χ0v) is 11.2. The van der Waals surface area contributed by atoms with E-state index in [4.69, 9.17) is 5.73 Å². The highest BCUT2D eigenvalue weighted by Gasteiger charge is 2.13. The largest absolute Gasteiger partial charge is 0.330 e. The standard InChI is InChI=1S/C12H13BrN2S/c13-12-4-2-1-3-11(12)9(6-14)5-10-7-15-8-16-10/h1-4,7-9H,5-6,14H2. The second-order valence-electron chi connectivity index (χ2n) is 3.63. The summed E-state index contributed by atoms with van der Waals surface area (Å²) in [6.45, 7) is 0.653. The minimum absolute atomic E-state index is 0.357. The molecule has 0 saturated carbocycles. The Balaban J connectivity index is 2.20. The van der Waals surface area contributed by atoms with Crippen LogP contribution in [-0.4, -0.2) is 11.5 Å². The van der Waals surface area contributed by atoms with E-state index < -0.39 is 0 Å². The van der Waals surface area contributed by atoms with E-state index in [1.54, 1.807) is 11.3 Å². The van der Waals surface area contributed by atoms with Crippen molar-refractivity contribution in [3.8, 4) is 0 Å². The van der Waals surface area contributed by atoms with E-state index in [1.807, 2.05) is 17.8 Å². The third-order valence-electron chi connectivity index (χ3n) is 2.56. The Morgan fingerprint density at radius 3 is 2.81 bits per heavy atom. The number of rotatable bonds is 4. The maximum absolute atomic E-state index is 5.85. The van der Waals surface area contributed by atoms with Gasteiger partial charge in [0.05, 0.1) is 5.51 Å². The van der Waals surface area contributed by atoms with Crippen LogP contribution in [0.5, 0.6) is 0 Å². The summed E-state index contributed by atoms with van der Waals surface area (Å²) in [5, 5.41) is 0. The second-order valence-corrected chi connectivity index (χ2v) is 5.45. The first-order valence-corrected chi connectivity index (χ1v) is 6.80. The summed E-state index contributed by atoms with van der Waals surface area (Å²) in [6, 6.07) is 8.26. The lowest BCUT2D eigenvalue weighted by Crippen LogP contribution is -2.15. The van der Waals surface area contributed by atoms with Gasteiger partial charge in [-0.3, -0.25) is 4.98 Å². The van der Waals surface area contributed by atoms with E-state index in [0.29, 0.717) is 12.5 Å².